The topological polar surface area (TPSA) is 54.7 Å². The summed E-state index contributed by atoms with van der Waals surface area (Å²) >= 11 is 13.8. The number of anilines is 1. The zero-order chi connectivity index (χ0) is 10.5. The number of aromatic nitrogens is 2. The van der Waals surface area contributed by atoms with Gasteiger partial charge >= 0.3 is 0 Å². The van der Waals surface area contributed by atoms with Crippen molar-refractivity contribution in [1.82, 2.24) is 9.97 Å². The van der Waals surface area contributed by atoms with Crippen molar-refractivity contribution in [3.8, 4) is 0 Å². The van der Waals surface area contributed by atoms with Crippen LogP contribution in [0.1, 0.15) is 0 Å². The smallest absolute Gasteiger partial charge is 0.198 e. The maximum absolute atomic E-state index is 5.59. The summed E-state index contributed by atoms with van der Waals surface area (Å²) in [6, 6.07) is 0. The van der Waals surface area contributed by atoms with E-state index in [2.05, 4.69) is 73.7 Å². The molecule has 0 amide bonds. The molecule has 1 aromatic carbocycles. The Morgan fingerprint density at radius 2 is 1.50 bits per heavy atom. The lowest BCUT2D eigenvalue weighted by Gasteiger charge is -2.03. The fourth-order valence-corrected chi connectivity index (χ4v) is 3.40. The first kappa shape index (κ1) is 10.9. The molecule has 0 unspecified atom stereocenters. The van der Waals surface area contributed by atoms with Crippen LogP contribution in [0.4, 0.5) is 5.95 Å². The summed E-state index contributed by atoms with van der Waals surface area (Å²) in [6.07, 6.45) is 0. The normalized spacial score (nSPS) is 11.1. The molecule has 0 saturated carbocycles. The summed E-state index contributed by atoms with van der Waals surface area (Å²) in [5, 5.41) is 0. The number of nitrogens with two attached hydrogens (primary N) is 1. The molecule has 0 aliphatic carbocycles. The van der Waals surface area contributed by atoms with E-state index >= 15 is 0 Å². The number of rotatable bonds is 0. The van der Waals surface area contributed by atoms with E-state index in [-0.39, 0.29) is 0 Å². The Morgan fingerprint density at radius 3 is 2.14 bits per heavy atom. The minimum absolute atomic E-state index is 0.395. The molecule has 0 aliphatic heterocycles. The van der Waals surface area contributed by atoms with E-state index in [1.165, 1.54) is 0 Å². The average Bonchev–Trinajstić information content (AvgIpc) is 2.54. The third-order valence-corrected chi connectivity index (χ3v) is 6.47. The summed E-state index contributed by atoms with van der Waals surface area (Å²) in [7, 11) is 0. The molecule has 0 saturated heterocycles. The van der Waals surface area contributed by atoms with Gasteiger partial charge in [0.1, 0.15) is 5.52 Å². The third-order valence-electron chi connectivity index (χ3n) is 1.73. The first-order valence-corrected chi connectivity index (χ1v) is 6.66. The van der Waals surface area contributed by atoms with Gasteiger partial charge in [0.15, 0.2) is 5.95 Å². The minimum Gasteiger partial charge on any atom is -0.369 e. The van der Waals surface area contributed by atoms with Crippen molar-refractivity contribution in [2.24, 2.45) is 0 Å². The number of hydrogen-bond donors (Lipinski definition) is 2. The molecular weight excluding hydrogens is 446 g/mol. The molecule has 14 heavy (non-hydrogen) atoms. The fourth-order valence-electron chi connectivity index (χ4n) is 1.12. The molecule has 1 heterocycles. The molecule has 2 aromatic rings. The van der Waals surface area contributed by atoms with Crippen LogP contribution < -0.4 is 5.73 Å². The Kier molecular flexibility index (Phi) is 2.94. The van der Waals surface area contributed by atoms with Crippen molar-refractivity contribution in [2.75, 3.05) is 5.73 Å². The largest absolute Gasteiger partial charge is 0.369 e. The number of fused-ring (bicyclic) bond motifs is 1. The molecular formula is C7H3Br4N3. The van der Waals surface area contributed by atoms with Crippen LogP contribution >= 0.6 is 63.7 Å². The van der Waals surface area contributed by atoms with Crippen molar-refractivity contribution in [2.45, 2.75) is 0 Å². The summed E-state index contributed by atoms with van der Waals surface area (Å²) in [6.45, 7) is 0. The number of nitrogens with zero attached hydrogens (tertiary/aromatic N) is 1. The monoisotopic (exact) mass is 445 g/mol. The number of nitrogen functional groups attached to an aromatic ring is 1. The Hall–Kier alpha value is 0.410. The summed E-state index contributed by atoms with van der Waals surface area (Å²) < 4.78 is 3.59. The highest BCUT2D eigenvalue weighted by Gasteiger charge is 2.16. The van der Waals surface area contributed by atoms with E-state index in [0.717, 1.165) is 28.9 Å². The maximum atomic E-state index is 5.59. The van der Waals surface area contributed by atoms with Gasteiger partial charge in [0.2, 0.25) is 0 Å². The number of benzene rings is 1. The van der Waals surface area contributed by atoms with Crippen molar-refractivity contribution >= 4 is 80.7 Å². The second kappa shape index (κ2) is 3.77. The average molecular weight is 449 g/mol. The molecule has 0 radical (unpaired) electrons. The SMILES string of the molecule is Nc1nc2c(Br)c(Br)c(Br)c(Br)c2[nH]1. The summed E-state index contributed by atoms with van der Waals surface area (Å²) in [5.41, 5.74) is 7.25. The quantitative estimate of drug-likeness (QED) is 0.469. The van der Waals surface area contributed by atoms with Crippen LogP contribution in [0.3, 0.4) is 0 Å². The third kappa shape index (κ3) is 1.54. The van der Waals surface area contributed by atoms with E-state index in [4.69, 9.17) is 5.73 Å². The van der Waals surface area contributed by atoms with Crippen LogP contribution in [-0.4, -0.2) is 9.97 Å². The highest BCUT2D eigenvalue weighted by atomic mass is 79.9. The highest BCUT2D eigenvalue weighted by Crippen LogP contribution is 2.42. The van der Waals surface area contributed by atoms with Gasteiger partial charge in [-0.1, -0.05) is 0 Å². The van der Waals surface area contributed by atoms with E-state index in [1.807, 2.05) is 0 Å². The van der Waals surface area contributed by atoms with E-state index in [0.29, 0.717) is 5.95 Å². The van der Waals surface area contributed by atoms with Crippen LogP contribution in [-0.2, 0) is 0 Å². The van der Waals surface area contributed by atoms with Crippen molar-refractivity contribution in [3.05, 3.63) is 17.9 Å². The standard InChI is InChI=1S/C7H3Br4N3/c8-1-2(9)4(11)6-5(3(1)10)13-7(12)14-6/h(H3,12,13,14). The molecule has 7 heteroatoms. The minimum atomic E-state index is 0.395. The molecule has 0 atom stereocenters. The van der Waals surface area contributed by atoms with Gasteiger partial charge in [-0.05, 0) is 63.7 Å². The van der Waals surface area contributed by atoms with Crippen LogP contribution in [0.2, 0.25) is 0 Å². The second-order valence-electron chi connectivity index (χ2n) is 2.60. The van der Waals surface area contributed by atoms with Crippen molar-refractivity contribution in [1.29, 1.82) is 0 Å². The predicted molar refractivity (Wildman–Crippen MR) is 71.3 cm³/mol. The number of halogens is 4. The van der Waals surface area contributed by atoms with Gasteiger partial charge in [0, 0.05) is 8.95 Å². The molecule has 1 aromatic heterocycles. The second-order valence-corrected chi connectivity index (χ2v) is 5.77. The van der Waals surface area contributed by atoms with E-state index in [9.17, 15) is 0 Å². The predicted octanol–water partition coefficient (Wildman–Crippen LogP) is 4.20. The van der Waals surface area contributed by atoms with Crippen LogP contribution in [0, 0.1) is 0 Å². The fraction of sp³-hybridized carbons (Fsp3) is 0. The Morgan fingerprint density at radius 1 is 0.929 bits per heavy atom. The zero-order valence-electron chi connectivity index (χ0n) is 6.54. The number of nitrogens with one attached hydrogen (secondary N) is 1. The number of aromatic amines is 1. The van der Waals surface area contributed by atoms with Crippen LogP contribution in [0.25, 0.3) is 11.0 Å². The maximum Gasteiger partial charge on any atom is 0.198 e. The van der Waals surface area contributed by atoms with Gasteiger partial charge in [-0.3, -0.25) is 0 Å². The Bertz CT molecular complexity index is 474. The van der Waals surface area contributed by atoms with Gasteiger partial charge in [-0.15, -0.1) is 0 Å². The van der Waals surface area contributed by atoms with E-state index < -0.39 is 0 Å². The van der Waals surface area contributed by atoms with Gasteiger partial charge in [-0.25, -0.2) is 4.98 Å². The molecule has 2 rings (SSSR count). The first-order chi connectivity index (χ1) is 6.52. The lowest BCUT2D eigenvalue weighted by molar-refractivity contribution is 1.35. The highest BCUT2D eigenvalue weighted by molar-refractivity contribution is 9.15. The van der Waals surface area contributed by atoms with Gasteiger partial charge in [-0.2, -0.15) is 0 Å². The van der Waals surface area contributed by atoms with Crippen molar-refractivity contribution in [3.63, 3.8) is 0 Å². The molecule has 0 aliphatic rings. The number of imidazole rings is 1. The number of hydrogen-bond acceptors (Lipinski definition) is 2. The Balaban J connectivity index is 3.01. The summed E-state index contributed by atoms with van der Waals surface area (Å²) in [5.74, 6) is 0.395. The van der Waals surface area contributed by atoms with E-state index in [1.54, 1.807) is 0 Å². The molecule has 0 fully saturated rings. The van der Waals surface area contributed by atoms with Crippen LogP contribution in [0.5, 0.6) is 0 Å². The van der Waals surface area contributed by atoms with Gasteiger partial charge in [0.05, 0.1) is 14.5 Å². The molecule has 3 nitrogen and oxygen atoms in total. The van der Waals surface area contributed by atoms with Crippen LogP contribution in [0.15, 0.2) is 17.9 Å². The molecule has 0 bridgehead atoms. The number of H-pyrrole nitrogens is 1. The lowest BCUT2D eigenvalue weighted by atomic mass is 10.3. The molecule has 0 spiro atoms. The first-order valence-electron chi connectivity index (χ1n) is 3.49. The molecule has 3 N–H and O–H groups in total. The van der Waals surface area contributed by atoms with Gasteiger partial charge in [0.25, 0.3) is 0 Å². The summed E-state index contributed by atoms with van der Waals surface area (Å²) in [4.78, 5) is 7.14. The zero-order valence-corrected chi connectivity index (χ0v) is 12.9. The Labute approximate surface area is 113 Å². The molecule has 74 valence electrons. The van der Waals surface area contributed by atoms with Gasteiger partial charge < -0.3 is 10.7 Å². The van der Waals surface area contributed by atoms with Crippen molar-refractivity contribution < 1.29 is 0 Å². The lowest BCUT2D eigenvalue weighted by Crippen LogP contribution is -1.84.